The molecule has 0 unspecified atom stereocenters. The van der Waals surface area contributed by atoms with Crippen LogP contribution in [0.5, 0.6) is 5.75 Å². The van der Waals surface area contributed by atoms with Gasteiger partial charge in [-0.05, 0) is 49.4 Å². The summed E-state index contributed by atoms with van der Waals surface area (Å²) in [4.78, 5) is 11.8. The zero-order valence-electron chi connectivity index (χ0n) is 14.0. The molecule has 2 aromatic rings. The topological polar surface area (TPSA) is 38.3 Å². The number of ether oxygens (including phenoxy) is 1. The van der Waals surface area contributed by atoms with Gasteiger partial charge >= 0.3 is 0 Å². The standard InChI is InChI=1S/C20H25NO2/c1-16-6-8-17(9-7-16)4-3-5-20(22)21-15-14-18-10-12-19(23-2)13-11-18/h6-13H,3-5,14-15H2,1-2H3,(H,21,22). The first-order chi connectivity index (χ1) is 11.2. The number of nitrogens with one attached hydrogen (secondary N) is 1. The van der Waals surface area contributed by atoms with Gasteiger partial charge in [-0.3, -0.25) is 4.79 Å². The Morgan fingerprint density at radius 2 is 1.57 bits per heavy atom. The predicted octanol–water partition coefficient (Wildman–Crippen LogP) is 3.69. The van der Waals surface area contributed by atoms with Crippen LogP contribution in [0.25, 0.3) is 0 Å². The van der Waals surface area contributed by atoms with E-state index in [1.165, 1.54) is 16.7 Å². The third-order valence-corrected chi connectivity index (χ3v) is 3.88. The molecule has 0 atom stereocenters. The van der Waals surface area contributed by atoms with E-state index in [-0.39, 0.29) is 5.91 Å². The number of carbonyl (C=O) groups excluding carboxylic acids is 1. The maximum absolute atomic E-state index is 11.8. The summed E-state index contributed by atoms with van der Waals surface area (Å²) in [5.74, 6) is 0.986. The van der Waals surface area contributed by atoms with Crippen LogP contribution in [0, 0.1) is 6.92 Å². The minimum absolute atomic E-state index is 0.130. The van der Waals surface area contributed by atoms with Gasteiger partial charge in [0.15, 0.2) is 0 Å². The van der Waals surface area contributed by atoms with Gasteiger partial charge < -0.3 is 10.1 Å². The Hall–Kier alpha value is -2.29. The lowest BCUT2D eigenvalue weighted by molar-refractivity contribution is -0.121. The third-order valence-electron chi connectivity index (χ3n) is 3.88. The van der Waals surface area contributed by atoms with Gasteiger partial charge in [-0.1, -0.05) is 42.0 Å². The molecule has 0 saturated heterocycles. The van der Waals surface area contributed by atoms with Crippen LogP contribution in [0.3, 0.4) is 0 Å². The van der Waals surface area contributed by atoms with Crippen LogP contribution < -0.4 is 10.1 Å². The van der Waals surface area contributed by atoms with Gasteiger partial charge in [-0.15, -0.1) is 0 Å². The van der Waals surface area contributed by atoms with Crippen LogP contribution in [-0.2, 0) is 17.6 Å². The Bertz CT molecular complexity index is 603. The second kappa shape index (κ2) is 8.99. The van der Waals surface area contributed by atoms with Crippen molar-refractivity contribution in [3.63, 3.8) is 0 Å². The summed E-state index contributed by atoms with van der Waals surface area (Å²) in [6.45, 7) is 2.76. The van der Waals surface area contributed by atoms with E-state index in [0.29, 0.717) is 13.0 Å². The van der Waals surface area contributed by atoms with Crippen LogP contribution >= 0.6 is 0 Å². The number of aryl methyl sites for hydroxylation is 2. The van der Waals surface area contributed by atoms with E-state index < -0.39 is 0 Å². The van der Waals surface area contributed by atoms with Crippen molar-refractivity contribution in [2.75, 3.05) is 13.7 Å². The van der Waals surface area contributed by atoms with Crippen molar-refractivity contribution in [2.24, 2.45) is 0 Å². The second-order valence-corrected chi connectivity index (χ2v) is 5.79. The maximum atomic E-state index is 11.8. The van der Waals surface area contributed by atoms with E-state index in [9.17, 15) is 4.79 Å². The van der Waals surface area contributed by atoms with Gasteiger partial charge in [-0.2, -0.15) is 0 Å². The van der Waals surface area contributed by atoms with Crippen molar-refractivity contribution in [3.05, 3.63) is 65.2 Å². The van der Waals surface area contributed by atoms with Gasteiger partial charge in [0.05, 0.1) is 7.11 Å². The first-order valence-corrected chi connectivity index (χ1v) is 8.12. The molecular weight excluding hydrogens is 286 g/mol. The Kier molecular flexibility index (Phi) is 6.67. The number of rotatable bonds is 8. The van der Waals surface area contributed by atoms with Crippen molar-refractivity contribution in [3.8, 4) is 5.75 Å². The normalized spacial score (nSPS) is 10.3. The lowest BCUT2D eigenvalue weighted by Gasteiger charge is -2.06. The molecule has 0 radical (unpaired) electrons. The highest BCUT2D eigenvalue weighted by Crippen LogP contribution is 2.11. The summed E-state index contributed by atoms with van der Waals surface area (Å²) in [6.07, 6.45) is 3.26. The van der Waals surface area contributed by atoms with E-state index in [4.69, 9.17) is 4.74 Å². The van der Waals surface area contributed by atoms with Crippen LogP contribution in [0.4, 0.5) is 0 Å². The fraction of sp³-hybridized carbons (Fsp3) is 0.350. The molecule has 0 heterocycles. The molecule has 0 spiro atoms. The van der Waals surface area contributed by atoms with Crippen LogP contribution in [0.1, 0.15) is 29.5 Å². The minimum atomic E-state index is 0.130. The SMILES string of the molecule is COc1ccc(CCNC(=O)CCCc2ccc(C)cc2)cc1. The largest absolute Gasteiger partial charge is 0.497 e. The fourth-order valence-electron chi connectivity index (χ4n) is 2.43. The van der Waals surface area contributed by atoms with Crippen molar-refractivity contribution >= 4 is 5.91 Å². The van der Waals surface area contributed by atoms with E-state index in [1.54, 1.807) is 7.11 Å². The molecule has 0 aliphatic rings. The Balaban J connectivity index is 1.62. The molecule has 3 nitrogen and oxygen atoms in total. The zero-order valence-corrected chi connectivity index (χ0v) is 14.0. The molecular formula is C20H25NO2. The van der Waals surface area contributed by atoms with Crippen molar-refractivity contribution in [1.29, 1.82) is 0 Å². The highest BCUT2D eigenvalue weighted by Gasteiger charge is 2.02. The monoisotopic (exact) mass is 311 g/mol. The molecule has 0 aliphatic heterocycles. The molecule has 0 aromatic heterocycles. The number of carbonyl (C=O) groups is 1. The number of hydrogen-bond acceptors (Lipinski definition) is 2. The van der Waals surface area contributed by atoms with E-state index >= 15 is 0 Å². The average molecular weight is 311 g/mol. The molecule has 0 bridgehead atoms. The molecule has 0 aliphatic carbocycles. The number of benzene rings is 2. The fourth-order valence-corrected chi connectivity index (χ4v) is 2.43. The first kappa shape index (κ1) is 17.1. The molecule has 1 N–H and O–H groups in total. The van der Waals surface area contributed by atoms with Crippen molar-refractivity contribution in [1.82, 2.24) is 5.32 Å². The van der Waals surface area contributed by atoms with Gasteiger partial charge in [0.25, 0.3) is 0 Å². The molecule has 2 rings (SSSR count). The molecule has 0 saturated carbocycles. The Morgan fingerprint density at radius 1 is 0.957 bits per heavy atom. The lowest BCUT2D eigenvalue weighted by atomic mass is 10.1. The van der Waals surface area contributed by atoms with Gasteiger partial charge in [0.2, 0.25) is 5.91 Å². The minimum Gasteiger partial charge on any atom is -0.497 e. The van der Waals surface area contributed by atoms with Crippen molar-refractivity contribution in [2.45, 2.75) is 32.6 Å². The smallest absolute Gasteiger partial charge is 0.220 e. The molecule has 3 heteroatoms. The average Bonchev–Trinajstić information content (AvgIpc) is 2.57. The van der Waals surface area contributed by atoms with Crippen LogP contribution in [0.2, 0.25) is 0 Å². The summed E-state index contributed by atoms with van der Waals surface area (Å²) in [5.41, 5.74) is 3.76. The highest BCUT2D eigenvalue weighted by molar-refractivity contribution is 5.75. The molecule has 1 amide bonds. The van der Waals surface area contributed by atoms with Gasteiger partial charge in [-0.25, -0.2) is 0 Å². The number of hydrogen-bond donors (Lipinski definition) is 1. The second-order valence-electron chi connectivity index (χ2n) is 5.79. The summed E-state index contributed by atoms with van der Waals surface area (Å²) in [7, 11) is 1.66. The summed E-state index contributed by atoms with van der Waals surface area (Å²) in [5, 5.41) is 2.98. The summed E-state index contributed by atoms with van der Waals surface area (Å²) >= 11 is 0. The lowest BCUT2D eigenvalue weighted by Crippen LogP contribution is -2.25. The third kappa shape index (κ3) is 6.15. The van der Waals surface area contributed by atoms with E-state index in [1.807, 2.05) is 24.3 Å². The van der Waals surface area contributed by atoms with Crippen LogP contribution in [-0.4, -0.2) is 19.6 Å². The molecule has 122 valence electrons. The Morgan fingerprint density at radius 3 is 2.22 bits per heavy atom. The quantitative estimate of drug-likeness (QED) is 0.807. The molecule has 0 fully saturated rings. The van der Waals surface area contributed by atoms with Crippen molar-refractivity contribution < 1.29 is 9.53 Å². The van der Waals surface area contributed by atoms with Gasteiger partial charge in [0, 0.05) is 13.0 Å². The number of amides is 1. The first-order valence-electron chi connectivity index (χ1n) is 8.12. The van der Waals surface area contributed by atoms with Crippen LogP contribution in [0.15, 0.2) is 48.5 Å². The van der Waals surface area contributed by atoms with E-state index in [0.717, 1.165) is 25.0 Å². The highest BCUT2D eigenvalue weighted by atomic mass is 16.5. The summed E-state index contributed by atoms with van der Waals surface area (Å²) in [6, 6.07) is 16.4. The summed E-state index contributed by atoms with van der Waals surface area (Å²) < 4.78 is 5.13. The van der Waals surface area contributed by atoms with Gasteiger partial charge in [0.1, 0.15) is 5.75 Å². The molecule has 2 aromatic carbocycles. The number of methoxy groups -OCH3 is 1. The zero-order chi connectivity index (χ0) is 16.5. The van der Waals surface area contributed by atoms with E-state index in [2.05, 4.69) is 36.5 Å². The molecule has 23 heavy (non-hydrogen) atoms. The maximum Gasteiger partial charge on any atom is 0.220 e. The Labute approximate surface area is 138 Å². The predicted molar refractivity (Wildman–Crippen MR) is 93.8 cm³/mol.